The summed E-state index contributed by atoms with van der Waals surface area (Å²) in [7, 11) is -0.424. The monoisotopic (exact) mass is 521 g/mol. The van der Waals surface area contributed by atoms with E-state index in [0.717, 1.165) is 22.8 Å². The summed E-state index contributed by atoms with van der Waals surface area (Å²) in [6.45, 7) is 4.00. The van der Waals surface area contributed by atoms with Crippen molar-refractivity contribution in [2.45, 2.75) is 38.2 Å². The van der Waals surface area contributed by atoms with Crippen molar-refractivity contribution in [2.75, 3.05) is 20.3 Å². The molecule has 0 spiro atoms. The van der Waals surface area contributed by atoms with Crippen LogP contribution in [-0.2, 0) is 43.2 Å². The topological polar surface area (TPSA) is 140 Å². The largest absolute Gasteiger partial charge is 0.508 e. The summed E-state index contributed by atoms with van der Waals surface area (Å²) in [6.07, 6.45) is -0.130. The number of carbonyl (C=O) groups excluding carboxylic acids is 1. The lowest BCUT2D eigenvalue weighted by molar-refractivity contribution is -0.153. The van der Waals surface area contributed by atoms with Crippen molar-refractivity contribution in [1.29, 1.82) is 0 Å². The predicted octanol–water partition coefficient (Wildman–Crippen LogP) is 2.72. The van der Waals surface area contributed by atoms with Gasteiger partial charge in [-0.05, 0) is 43.2 Å². The van der Waals surface area contributed by atoms with Crippen molar-refractivity contribution < 1.29 is 32.5 Å². The Morgan fingerprint density at radius 2 is 1.97 bits per heavy atom. The van der Waals surface area contributed by atoms with Gasteiger partial charge in [0.25, 0.3) is 0 Å². The molecule has 1 unspecified atom stereocenters. The van der Waals surface area contributed by atoms with Crippen LogP contribution in [0.15, 0.2) is 41.3 Å². The van der Waals surface area contributed by atoms with Gasteiger partial charge in [0.1, 0.15) is 28.3 Å². The number of nitrogens with two attached hydrogens (primary N) is 1. The third-order valence-corrected chi connectivity index (χ3v) is 5.74. The highest BCUT2D eigenvalue weighted by atomic mass is 32.2. The highest BCUT2D eigenvalue weighted by molar-refractivity contribution is 7.82. The van der Waals surface area contributed by atoms with Crippen LogP contribution in [-0.4, -0.2) is 45.5 Å². The molecule has 0 bridgehead atoms. The van der Waals surface area contributed by atoms with Gasteiger partial charge in [0, 0.05) is 12.8 Å². The number of halogens is 1. The Balaban J connectivity index is 1.78. The van der Waals surface area contributed by atoms with Crippen LogP contribution in [0.1, 0.15) is 34.8 Å². The first-order valence-electron chi connectivity index (χ1n) is 10.9. The van der Waals surface area contributed by atoms with Crippen LogP contribution in [0, 0.1) is 19.7 Å². The molecule has 13 heteroatoms. The molecule has 36 heavy (non-hydrogen) atoms. The average Bonchev–Trinajstić information content (AvgIpc) is 3.24. The molecule has 0 saturated heterocycles. The number of benzene rings is 2. The number of ether oxygens (including phenoxy) is 2. The third-order valence-electron chi connectivity index (χ3n) is 5.02. The van der Waals surface area contributed by atoms with Crippen LogP contribution in [0.2, 0.25) is 0 Å². The zero-order chi connectivity index (χ0) is 26.1. The number of carbonyl (C=O) groups is 1. The normalized spacial score (nSPS) is 11.9. The quantitative estimate of drug-likeness (QED) is 0.209. The molecule has 2 aromatic carbocycles. The van der Waals surface area contributed by atoms with Crippen LogP contribution < -0.4 is 10.8 Å². The molecule has 11 nitrogen and oxygen atoms in total. The Bertz CT molecular complexity index is 1220. The van der Waals surface area contributed by atoms with Crippen molar-refractivity contribution in [3.05, 3.63) is 70.6 Å². The van der Waals surface area contributed by atoms with Crippen molar-refractivity contribution >= 4 is 17.1 Å². The third kappa shape index (κ3) is 7.63. The second-order valence-electron chi connectivity index (χ2n) is 7.75. The Kier molecular flexibility index (Phi) is 10.0. The average molecular weight is 522 g/mol. The number of nitrogens with one attached hydrogen (secondary N) is 1. The minimum atomic E-state index is -1.83. The van der Waals surface area contributed by atoms with Gasteiger partial charge >= 0.3 is 6.16 Å². The number of hydrogen-bond acceptors (Lipinski definition) is 9. The van der Waals surface area contributed by atoms with E-state index in [4.69, 9.17) is 19.5 Å². The maximum atomic E-state index is 14.9. The molecule has 0 aliphatic heterocycles. The van der Waals surface area contributed by atoms with E-state index in [1.54, 1.807) is 0 Å². The van der Waals surface area contributed by atoms with Gasteiger partial charge in [-0.15, -0.1) is 5.10 Å². The van der Waals surface area contributed by atoms with E-state index in [-0.39, 0.29) is 36.2 Å². The molecule has 1 aromatic heterocycles. The van der Waals surface area contributed by atoms with E-state index >= 15 is 0 Å². The van der Waals surface area contributed by atoms with Gasteiger partial charge in [0.2, 0.25) is 0 Å². The van der Waals surface area contributed by atoms with Gasteiger partial charge in [-0.1, -0.05) is 29.4 Å². The maximum Gasteiger partial charge on any atom is 0.508 e. The molecule has 1 heterocycles. The summed E-state index contributed by atoms with van der Waals surface area (Å²) in [4.78, 5) is 25.9. The fourth-order valence-electron chi connectivity index (χ4n) is 3.26. The number of nitrogens with zero attached hydrogens (tertiary/aromatic N) is 3. The summed E-state index contributed by atoms with van der Waals surface area (Å²) in [5, 5.41) is 9.72. The number of rotatable bonds is 12. The van der Waals surface area contributed by atoms with E-state index in [1.165, 1.54) is 23.9 Å². The molecule has 0 aliphatic carbocycles. The Labute approximate surface area is 210 Å². The van der Waals surface area contributed by atoms with Crippen molar-refractivity contribution in [3.8, 4) is 5.69 Å². The van der Waals surface area contributed by atoms with E-state index in [9.17, 15) is 13.4 Å². The molecule has 3 aromatic rings. The second-order valence-corrected chi connectivity index (χ2v) is 8.82. The van der Waals surface area contributed by atoms with E-state index in [1.807, 2.05) is 32.0 Å². The summed E-state index contributed by atoms with van der Waals surface area (Å²) in [5.74, 6) is -0.0831. The van der Waals surface area contributed by atoms with Gasteiger partial charge < -0.3 is 9.47 Å². The highest BCUT2D eigenvalue weighted by Gasteiger charge is 2.18. The minimum absolute atomic E-state index is 0.0735. The van der Waals surface area contributed by atoms with Gasteiger partial charge in [-0.3, -0.25) is 9.68 Å². The van der Waals surface area contributed by atoms with Crippen LogP contribution in [0.25, 0.3) is 5.69 Å². The summed E-state index contributed by atoms with van der Waals surface area (Å²) >= 11 is 0. The molecular formula is C23H28FN5O6S. The second kappa shape index (κ2) is 13.2. The lowest BCUT2D eigenvalue weighted by Crippen LogP contribution is -2.15. The molecule has 1 atom stereocenters. The van der Waals surface area contributed by atoms with Crippen molar-refractivity contribution in [3.63, 3.8) is 0 Å². The molecule has 194 valence electrons. The van der Waals surface area contributed by atoms with E-state index in [0.29, 0.717) is 18.7 Å². The van der Waals surface area contributed by atoms with Gasteiger partial charge in [-0.2, -0.15) is 0 Å². The molecule has 0 radical (unpaired) electrons. The maximum absolute atomic E-state index is 14.9. The lowest BCUT2D eigenvalue weighted by Gasteiger charge is -2.10. The fraction of sp³-hybridized carbons (Fsp3) is 0.348. The molecular weight excluding hydrogens is 493 g/mol. The van der Waals surface area contributed by atoms with Gasteiger partial charge in [0.05, 0.1) is 25.2 Å². The molecule has 3 N–H and O–H groups in total. The summed E-state index contributed by atoms with van der Waals surface area (Å²) in [5.41, 5.74) is 5.39. The molecule has 0 aliphatic rings. The molecule has 0 fully saturated rings. The fourth-order valence-corrected chi connectivity index (χ4v) is 3.68. The smallest absolute Gasteiger partial charge is 0.434 e. The van der Waals surface area contributed by atoms with Crippen molar-refractivity contribution in [1.82, 2.24) is 20.4 Å². The van der Waals surface area contributed by atoms with Gasteiger partial charge in [0.15, 0.2) is 12.4 Å². The standard InChI is InChI=1S/C23H28FN5O6S/c1-15-5-6-16(2)17(11-15)12-22-26-21(14-34-23(30)33-9-4-10-35-28-32-3)27-29(22)20-8-7-18(36(25)31)13-19(20)24/h5-8,11,13,28H,4,9-10,12,14,25H2,1-3H3. The number of hydrogen-bond donors (Lipinski definition) is 2. The molecule has 0 saturated carbocycles. The number of aryl methyl sites for hydroxylation is 2. The number of aromatic nitrogens is 3. The first-order valence-corrected chi connectivity index (χ1v) is 12.2. The minimum Gasteiger partial charge on any atom is -0.434 e. The van der Waals surface area contributed by atoms with Crippen LogP contribution in [0.4, 0.5) is 9.18 Å². The first kappa shape index (κ1) is 27.4. The van der Waals surface area contributed by atoms with Crippen LogP contribution in [0.3, 0.4) is 0 Å². The highest BCUT2D eigenvalue weighted by Crippen LogP contribution is 2.21. The Hall–Kier alpha value is -3.23. The van der Waals surface area contributed by atoms with Gasteiger partial charge in [-0.25, -0.2) is 28.2 Å². The first-order chi connectivity index (χ1) is 17.3. The van der Waals surface area contributed by atoms with Crippen LogP contribution in [0.5, 0.6) is 0 Å². The Morgan fingerprint density at radius 1 is 1.17 bits per heavy atom. The predicted molar refractivity (Wildman–Crippen MR) is 127 cm³/mol. The van der Waals surface area contributed by atoms with E-state index < -0.39 is 23.0 Å². The van der Waals surface area contributed by atoms with Crippen molar-refractivity contribution in [2.24, 2.45) is 5.14 Å². The zero-order valence-corrected chi connectivity index (χ0v) is 21.0. The zero-order valence-electron chi connectivity index (χ0n) is 20.2. The molecule has 3 rings (SSSR count). The summed E-state index contributed by atoms with van der Waals surface area (Å²) < 4.78 is 37.9. The SMILES string of the molecule is CONOCCCOC(=O)OCc1nc(Cc2cc(C)ccc2C)n(-c2ccc(S(N)=O)cc2F)n1. The Morgan fingerprint density at radius 3 is 2.69 bits per heavy atom. The lowest BCUT2D eigenvalue weighted by atomic mass is 10.0. The van der Waals surface area contributed by atoms with E-state index in [2.05, 4.69) is 20.6 Å². The summed E-state index contributed by atoms with van der Waals surface area (Å²) in [6, 6.07) is 9.99. The van der Waals surface area contributed by atoms with Crippen LogP contribution >= 0.6 is 0 Å². The molecule has 0 amide bonds.